The molecule has 0 aliphatic carbocycles. The van der Waals surface area contributed by atoms with Gasteiger partial charge in [0.25, 0.3) is 0 Å². The Morgan fingerprint density at radius 2 is 1.79 bits per heavy atom. The summed E-state index contributed by atoms with van der Waals surface area (Å²) in [5, 5.41) is 1.22. The number of amides is 1. The van der Waals surface area contributed by atoms with Gasteiger partial charge < -0.3 is 4.90 Å². The highest BCUT2D eigenvalue weighted by Crippen LogP contribution is 2.33. The molecular formula is C23H28ClN3O3S3. The lowest BCUT2D eigenvalue weighted by Crippen LogP contribution is -2.39. The minimum Gasteiger partial charge on any atom is -0.302 e. The Labute approximate surface area is 208 Å². The van der Waals surface area contributed by atoms with Crippen molar-refractivity contribution >= 4 is 65.8 Å². The molecule has 178 valence electrons. The van der Waals surface area contributed by atoms with Crippen LogP contribution in [0.5, 0.6) is 0 Å². The molecular weight excluding hydrogens is 498 g/mol. The van der Waals surface area contributed by atoms with Crippen LogP contribution < -0.4 is 4.90 Å². The normalized spacial score (nSPS) is 11.9. The van der Waals surface area contributed by atoms with Crippen molar-refractivity contribution in [1.29, 1.82) is 0 Å². The van der Waals surface area contributed by atoms with E-state index in [-0.39, 0.29) is 10.8 Å². The summed E-state index contributed by atoms with van der Waals surface area (Å²) in [6.45, 7) is 7.19. The van der Waals surface area contributed by atoms with E-state index in [0.29, 0.717) is 34.4 Å². The van der Waals surface area contributed by atoms with Crippen LogP contribution in [0.2, 0.25) is 5.02 Å². The molecule has 10 heteroatoms. The zero-order valence-corrected chi connectivity index (χ0v) is 22.2. The van der Waals surface area contributed by atoms with E-state index in [2.05, 4.69) is 23.7 Å². The average Bonchev–Trinajstić information content (AvgIpc) is 3.21. The lowest BCUT2D eigenvalue weighted by atomic mass is 10.3. The number of nitrogens with zero attached hydrogens (tertiary/aromatic N) is 3. The summed E-state index contributed by atoms with van der Waals surface area (Å²) in [5.74, 6) is 0.602. The first-order valence-electron chi connectivity index (χ1n) is 10.7. The van der Waals surface area contributed by atoms with E-state index in [1.165, 1.54) is 17.6 Å². The lowest BCUT2D eigenvalue weighted by molar-refractivity contribution is -0.118. The molecule has 0 aliphatic rings. The first kappa shape index (κ1) is 26.0. The third kappa shape index (κ3) is 6.93. The number of carbonyl (C=O) groups excluding carboxylic acids is 1. The minimum absolute atomic E-state index is 0.0245. The van der Waals surface area contributed by atoms with Crippen LogP contribution >= 0.6 is 34.7 Å². The first-order chi connectivity index (χ1) is 15.7. The molecule has 2 aromatic carbocycles. The van der Waals surface area contributed by atoms with Crippen LogP contribution in [-0.4, -0.2) is 62.4 Å². The Bertz CT molecular complexity index is 1190. The fraction of sp³-hybridized carbons (Fsp3) is 0.391. The van der Waals surface area contributed by atoms with Gasteiger partial charge in [-0.3, -0.25) is 9.69 Å². The van der Waals surface area contributed by atoms with Crippen molar-refractivity contribution in [3.63, 3.8) is 0 Å². The van der Waals surface area contributed by atoms with Crippen LogP contribution in [-0.2, 0) is 14.6 Å². The van der Waals surface area contributed by atoms with E-state index >= 15 is 0 Å². The molecule has 1 amide bonds. The van der Waals surface area contributed by atoms with E-state index < -0.39 is 9.84 Å². The molecule has 0 spiro atoms. The van der Waals surface area contributed by atoms with Crippen LogP contribution in [0.4, 0.5) is 5.13 Å². The molecule has 0 fully saturated rings. The minimum atomic E-state index is -3.42. The molecule has 1 heterocycles. The fourth-order valence-corrected chi connectivity index (χ4v) is 6.26. The number of hydrogen-bond acceptors (Lipinski definition) is 7. The number of thioether (sulfide) groups is 1. The zero-order chi connectivity index (χ0) is 24.0. The standard InChI is InChI=1S/C23H28ClN3O3S3/c1-4-26(5-2)14-15-27(21(28)13-16-31-18-11-9-17(24)10-12-18)23-25-22-19(32-23)7-6-8-20(22)33(3,29)30/h6-12H,4-5,13-16H2,1-3H3. The van der Waals surface area contributed by atoms with Crippen molar-refractivity contribution in [3.05, 3.63) is 47.5 Å². The van der Waals surface area contributed by atoms with E-state index in [0.717, 1.165) is 29.2 Å². The fourth-order valence-electron chi connectivity index (χ4n) is 3.36. The summed E-state index contributed by atoms with van der Waals surface area (Å²) in [6.07, 6.45) is 1.53. The number of benzene rings is 2. The lowest BCUT2D eigenvalue weighted by Gasteiger charge is -2.24. The second-order valence-corrected chi connectivity index (χ2v) is 12.1. The van der Waals surface area contributed by atoms with Crippen molar-refractivity contribution in [2.75, 3.05) is 43.1 Å². The number of hydrogen-bond donors (Lipinski definition) is 0. The van der Waals surface area contributed by atoms with Crippen molar-refractivity contribution in [2.24, 2.45) is 0 Å². The molecule has 1 aromatic heterocycles. The number of likely N-dealkylation sites (N-methyl/N-ethyl adjacent to an activating group) is 1. The summed E-state index contributed by atoms with van der Waals surface area (Å²) < 4.78 is 25.2. The zero-order valence-electron chi connectivity index (χ0n) is 19.0. The molecule has 0 unspecified atom stereocenters. The molecule has 6 nitrogen and oxygen atoms in total. The van der Waals surface area contributed by atoms with Gasteiger partial charge in [-0.2, -0.15) is 0 Å². The van der Waals surface area contributed by atoms with E-state index in [1.807, 2.05) is 30.3 Å². The second-order valence-electron chi connectivity index (χ2n) is 7.50. The maximum absolute atomic E-state index is 13.3. The topological polar surface area (TPSA) is 70.6 Å². The summed E-state index contributed by atoms with van der Waals surface area (Å²) in [5.41, 5.74) is 0.427. The van der Waals surface area contributed by atoms with Gasteiger partial charge in [0.1, 0.15) is 5.52 Å². The molecule has 0 bridgehead atoms. The van der Waals surface area contributed by atoms with Crippen LogP contribution in [0.3, 0.4) is 0 Å². The van der Waals surface area contributed by atoms with Gasteiger partial charge in [0, 0.05) is 41.4 Å². The van der Waals surface area contributed by atoms with Gasteiger partial charge in [0.2, 0.25) is 5.91 Å². The van der Waals surface area contributed by atoms with Gasteiger partial charge >= 0.3 is 0 Å². The molecule has 0 N–H and O–H groups in total. The summed E-state index contributed by atoms with van der Waals surface area (Å²) in [7, 11) is -3.42. The number of thiazole rings is 1. The maximum Gasteiger partial charge on any atom is 0.229 e. The number of halogens is 1. The van der Waals surface area contributed by atoms with Crippen molar-refractivity contribution in [2.45, 2.75) is 30.1 Å². The Hall–Kier alpha value is -1.65. The Balaban J connectivity index is 1.82. The Morgan fingerprint density at radius 1 is 1.09 bits per heavy atom. The summed E-state index contributed by atoms with van der Waals surface area (Å²) in [4.78, 5) is 23.1. The van der Waals surface area contributed by atoms with Crippen LogP contribution in [0.25, 0.3) is 10.2 Å². The number of rotatable bonds is 11. The molecule has 0 saturated heterocycles. The smallest absolute Gasteiger partial charge is 0.229 e. The summed E-state index contributed by atoms with van der Waals surface area (Å²) in [6, 6.07) is 12.7. The highest BCUT2D eigenvalue weighted by Gasteiger charge is 2.23. The van der Waals surface area contributed by atoms with Crippen molar-refractivity contribution < 1.29 is 13.2 Å². The maximum atomic E-state index is 13.3. The number of para-hydroxylation sites is 1. The van der Waals surface area contributed by atoms with Crippen molar-refractivity contribution in [3.8, 4) is 0 Å². The predicted octanol–water partition coefficient (Wildman–Crippen LogP) is 5.21. The third-order valence-corrected chi connectivity index (χ3v) is 8.67. The van der Waals surface area contributed by atoms with Gasteiger partial charge in [-0.1, -0.05) is 42.9 Å². The highest BCUT2D eigenvalue weighted by atomic mass is 35.5. The van der Waals surface area contributed by atoms with E-state index in [4.69, 9.17) is 11.6 Å². The predicted molar refractivity (Wildman–Crippen MR) is 140 cm³/mol. The van der Waals surface area contributed by atoms with Crippen LogP contribution in [0.1, 0.15) is 20.3 Å². The van der Waals surface area contributed by atoms with E-state index in [1.54, 1.807) is 28.8 Å². The summed E-state index contributed by atoms with van der Waals surface area (Å²) >= 11 is 8.90. The highest BCUT2D eigenvalue weighted by molar-refractivity contribution is 7.99. The largest absolute Gasteiger partial charge is 0.302 e. The monoisotopic (exact) mass is 525 g/mol. The van der Waals surface area contributed by atoms with Crippen molar-refractivity contribution in [1.82, 2.24) is 9.88 Å². The van der Waals surface area contributed by atoms with Crippen LogP contribution in [0.15, 0.2) is 52.3 Å². The molecule has 33 heavy (non-hydrogen) atoms. The Kier molecular flexibility index (Phi) is 9.17. The third-order valence-electron chi connectivity index (χ3n) is 5.23. The number of anilines is 1. The SMILES string of the molecule is CCN(CC)CCN(C(=O)CCSc1ccc(Cl)cc1)c1nc2c(S(C)(=O)=O)cccc2s1. The van der Waals surface area contributed by atoms with Crippen LogP contribution in [0, 0.1) is 0 Å². The molecule has 0 aliphatic heterocycles. The van der Waals surface area contributed by atoms with Gasteiger partial charge in [0.05, 0.1) is 9.60 Å². The van der Waals surface area contributed by atoms with Gasteiger partial charge in [-0.25, -0.2) is 13.4 Å². The first-order valence-corrected chi connectivity index (χ1v) is 14.8. The van der Waals surface area contributed by atoms with E-state index in [9.17, 15) is 13.2 Å². The quantitative estimate of drug-likeness (QED) is 0.320. The average molecular weight is 526 g/mol. The Morgan fingerprint density at radius 3 is 2.42 bits per heavy atom. The number of sulfone groups is 1. The second kappa shape index (κ2) is 11.7. The van der Waals surface area contributed by atoms with Gasteiger partial charge in [-0.05, 0) is 49.5 Å². The molecule has 0 atom stereocenters. The molecule has 0 radical (unpaired) electrons. The molecule has 3 aromatic rings. The van der Waals surface area contributed by atoms with Gasteiger partial charge in [-0.15, -0.1) is 11.8 Å². The number of carbonyl (C=O) groups is 1. The number of aromatic nitrogens is 1. The number of fused-ring (bicyclic) bond motifs is 1. The molecule has 0 saturated carbocycles. The molecule has 3 rings (SSSR count). The van der Waals surface area contributed by atoms with Gasteiger partial charge in [0.15, 0.2) is 15.0 Å².